The first kappa shape index (κ1) is 14.2. The molecule has 0 saturated carbocycles. The lowest BCUT2D eigenvalue weighted by atomic mass is 10.0. The Morgan fingerprint density at radius 2 is 1.90 bits per heavy atom. The second-order valence-electron chi connectivity index (χ2n) is 5.63. The molecule has 112 valence electrons. The van der Waals surface area contributed by atoms with Gasteiger partial charge in [-0.25, -0.2) is 4.68 Å². The fourth-order valence-electron chi connectivity index (χ4n) is 2.99. The van der Waals surface area contributed by atoms with E-state index >= 15 is 0 Å². The van der Waals surface area contributed by atoms with Crippen LogP contribution in [-0.2, 0) is 13.2 Å². The number of aliphatic hydroxyl groups is 1. The molecule has 5 nitrogen and oxygen atoms in total. The van der Waals surface area contributed by atoms with Crippen LogP contribution in [0.2, 0.25) is 0 Å². The maximum Gasteiger partial charge on any atom is 0.116 e. The van der Waals surface area contributed by atoms with E-state index in [-0.39, 0.29) is 6.61 Å². The number of likely N-dealkylation sites (tertiary alicyclic amines) is 1. The molecule has 5 heteroatoms. The molecule has 0 aliphatic carbocycles. The molecule has 0 radical (unpaired) electrons. The number of benzene rings is 1. The van der Waals surface area contributed by atoms with Crippen LogP contribution < -0.4 is 0 Å². The lowest BCUT2D eigenvalue weighted by Crippen LogP contribution is -2.24. The van der Waals surface area contributed by atoms with E-state index in [1.807, 2.05) is 16.8 Å². The summed E-state index contributed by atoms with van der Waals surface area (Å²) >= 11 is 0. The van der Waals surface area contributed by atoms with Gasteiger partial charge in [-0.05, 0) is 38.4 Å². The van der Waals surface area contributed by atoms with Gasteiger partial charge in [0.25, 0.3) is 0 Å². The van der Waals surface area contributed by atoms with Gasteiger partial charge in [0, 0.05) is 12.1 Å². The Bertz CT molecular complexity index is 602. The van der Waals surface area contributed by atoms with E-state index in [0.717, 1.165) is 24.3 Å². The Labute approximate surface area is 125 Å². The minimum Gasteiger partial charge on any atom is -0.390 e. The van der Waals surface area contributed by atoms with Gasteiger partial charge in [0.2, 0.25) is 0 Å². The summed E-state index contributed by atoms with van der Waals surface area (Å²) in [5.74, 6) is 0. The zero-order valence-electron chi connectivity index (χ0n) is 12.5. The quantitative estimate of drug-likeness (QED) is 0.911. The fraction of sp³-hybridized carbons (Fsp3) is 0.500. The zero-order chi connectivity index (χ0) is 14.7. The maximum absolute atomic E-state index is 9.54. The van der Waals surface area contributed by atoms with Gasteiger partial charge in [0.15, 0.2) is 0 Å². The van der Waals surface area contributed by atoms with Crippen LogP contribution >= 0.6 is 0 Å². The molecular weight excluding hydrogens is 264 g/mol. The molecule has 2 aromatic rings. The summed E-state index contributed by atoms with van der Waals surface area (Å²) in [6.45, 7) is 6.17. The molecule has 1 N–H and O–H groups in total. The van der Waals surface area contributed by atoms with E-state index in [0.29, 0.717) is 5.69 Å². The standard InChI is InChI=1S/C16H22N4O/c1-13-6-2-3-7-14(13)16-15(12-21)17-18-20(16)11-10-19-8-4-5-9-19/h2-3,6-7,21H,4-5,8-12H2,1H3. The number of nitrogens with zero attached hydrogens (tertiary/aromatic N) is 4. The van der Waals surface area contributed by atoms with Crippen LogP contribution in [0.15, 0.2) is 24.3 Å². The number of rotatable bonds is 5. The molecule has 1 aromatic carbocycles. The van der Waals surface area contributed by atoms with Crippen LogP contribution in [0.1, 0.15) is 24.1 Å². The topological polar surface area (TPSA) is 54.2 Å². The highest BCUT2D eigenvalue weighted by Gasteiger charge is 2.17. The van der Waals surface area contributed by atoms with Gasteiger partial charge in [-0.3, -0.25) is 0 Å². The Morgan fingerprint density at radius 3 is 2.62 bits per heavy atom. The van der Waals surface area contributed by atoms with Crippen LogP contribution in [-0.4, -0.2) is 44.6 Å². The van der Waals surface area contributed by atoms with Crippen LogP contribution in [0.4, 0.5) is 0 Å². The first-order chi connectivity index (χ1) is 10.3. The highest BCUT2D eigenvalue weighted by Crippen LogP contribution is 2.25. The minimum absolute atomic E-state index is 0.0760. The molecule has 1 aliphatic heterocycles. The largest absolute Gasteiger partial charge is 0.390 e. The maximum atomic E-state index is 9.54. The summed E-state index contributed by atoms with van der Waals surface area (Å²) in [7, 11) is 0. The molecule has 21 heavy (non-hydrogen) atoms. The van der Waals surface area contributed by atoms with Gasteiger partial charge >= 0.3 is 0 Å². The van der Waals surface area contributed by atoms with E-state index in [1.54, 1.807) is 0 Å². The molecule has 1 saturated heterocycles. The first-order valence-electron chi connectivity index (χ1n) is 7.61. The molecule has 1 aliphatic rings. The molecular formula is C16H22N4O. The first-order valence-corrected chi connectivity index (χ1v) is 7.61. The molecule has 1 aromatic heterocycles. The smallest absolute Gasteiger partial charge is 0.116 e. The summed E-state index contributed by atoms with van der Waals surface area (Å²) in [6.07, 6.45) is 2.59. The third-order valence-electron chi connectivity index (χ3n) is 4.18. The van der Waals surface area contributed by atoms with E-state index in [4.69, 9.17) is 0 Å². The number of hydrogen-bond donors (Lipinski definition) is 1. The van der Waals surface area contributed by atoms with Crippen molar-refractivity contribution in [1.82, 2.24) is 19.9 Å². The van der Waals surface area contributed by atoms with Gasteiger partial charge in [-0.1, -0.05) is 29.5 Å². The molecule has 0 atom stereocenters. The molecule has 0 spiro atoms. The molecule has 0 unspecified atom stereocenters. The molecule has 0 bridgehead atoms. The Morgan fingerprint density at radius 1 is 1.14 bits per heavy atom. The summed E-state index contributed by atoms with van der Waals surface area (Å²) in [5.41, 5.74) is 3.89. The number of aliphatic hydroxyl groups excluding tert-OH is 1. The lowest BCUT2D eigenvalue weighted by Gasteiger charge is -2.16. The second kappa shape index (κ2) is 6.37. The van der Waals surface area contributed by atoms with E-state index in [9.17, 15) is 5.11 Å². The molecule has 1 fully saturated rings. The minimum atomic E-state index is -0.0760. The highest BCUT2D eigenvalue weighted by molar-refractivity contribution is 5.65. The third-order valence-corrected chi connectivity index (χ3v) is 4.18. The van der Waals surface area contributed by atoms with E-state index < -0.39 is 0 Å². The summed E-state index contributed by atoms with van der Waals surface area (Å²) < 4.78 is 1.94. The van der Waals surface area contributed by atoms with Gasteiger partial charge in [0.05, 0.1) is 18.8 Å². The van der Waals surface area contributed by atoms with Gasteiger partial charge < -0.3 is 10.0 Å². The monoisotopic (exact) mass is 286 g/mol. The SMILES string of the molecule is Cc1ccccc1-c1c(CO)nnn1CCN1CCCC1. The van der Waals surface area contributed by atoms with Crippen molar-refractivity contribution >= 4 is 0 Å². The van der Waals surface area contributed by atoms with Crippen molar-refractivity contribution < 1.29 is 5.11 Å². The fourth-order valence-corrected chi connectivity index (χ4v) is 2.99. The van der Waals surface area contributed by atoms with Crippen LogP contribution in [0.3, 0.4) is 0 Å². The molecule has 0 amide bonds. The van der Waals surface area contributed by atoms with Crippen molar-refractivity contribution in [3.05, 3.63) is 35.5 Å². The predicted octanol–water partition coefficient (Wildman–Crippen LogP) is 1.84. The van der Waals surface area contributed by atoms with Crippen molar-refractivity contribution in [3.63, 3.8) is 0 Å². The Hall–Kier alpha value is -1.72. The average Bonchev–Trinajstić information content (AvgIpc) is 3.14. The molecule has 3 rings (SSSR count). The Kier molecular flexibility index (Phi) is 4.31. The highest BCUT2D eigenvalue weighted by atomic mass is 16.3. The van der Waals surface area contributed by atoms with Crippen molar-refractivity contribution in [1.29, 1.82) is 0 Å². The molecule has 2 heterocycles. The van der Waals surface area contributed by atoms with E-state index in [2.05, 4.69) is 34.3 Å². The van der Waals surface area contributed by atoms with Gasteiger partial charge in [-0.2, -0.15) is 0 Å². The number of aryl methyl sites for hydroxylation is 1. The summed E-state index contributed by atoms with van der Waals surface area (Å²) in [4.78, 5) is 2.46. The van der Waals surface area contributed by atoms with Gasteiger partial charge in [0.1, 0.15) is 5.69 Å². The number of hydrogen-bond acceptors (Lipinski definition) is 4. The number of aromatic nitrogens is 3. The zero-order valence-corrected chi connectivity index (χ0v) is 12.5. The normalized spacial score (nSPS) is 15.7. The van der Waals surface area contributed by atoms with Crippen LogP contribution in [0, 0.1) is 6.92 Å². The van der Waals surface area contributed by atoms with Crippen LogP contribution in [0.5, 0.6) is 0 Å². The lowest BCUT2D eigenvalue weighted by molar-refractivity contribution is 0.277. The summed E-state index contributed by atoms with van der Waals surface area (Å²) in [6, 6.07) is 8.19. The predicted molar refractivity (Wildman–Crippen MR) is 81.8 cm³/mol. The van der Waals surface area contributed by atoms with Crippen molar-refractivity contribution in [3.8, 4) is 11.3 Å². The van der Waals surface area contributed by atoms with E-state index in [1.165, 1.54) is 31.5 Å². The third kappa shape index (κ3) is 2.99. The average molecular weight is 286 g/mol. The Balaban J connectivity index is 1.87. The van der Waals surface area contributed by atoms with Crippen molar-refractivity contribution in [2.45, 2.75) is 32.9 Å². The van der Waals surface area contributed by atoms with Crippen LogP contribution in [0.25, 0.3) is 11.3 Å². The summed E-state index contributed by atoms with van der Waals surface area (Å²) in [5, 5.41) is 17.9. The van der Waals surface area contributed by atoms with Crippen molar-refractivity contribution in [2.24, 2.45) is 0 Å². The van der Waals surface area contributed by atoms with Gasteiger partial charge in [-0.15, -0.1) is 5.10 Å². The van der Waals surface area contributed by atoms with Crippen molar-refractivity contribution in [2.75, 3.05) is 19.6 Å². The second-order valence-corrected chi connectivity index (χ2v) is 5.63.